The van der Waals surface area contributed by atoms with Crippen molar-refractivity contribution in [2.24, 2.45) is 0 Å². The molecule has 0 bridgehead atoms. The molecule has 0 spiro atoms. The monoisotopic (exact) mass is 293 g/mol. The molecule has 1 aliphatic heterocycles. The lowest BCUT2D eigenvalue weighted by Gasteiger charge is -2.29. The molecule has 0 aliphatic carbocycles. The van der Waals surface area contributed by atoms with Crippen LogP contribution < -0.4 is 0 Å². The molecule has 2 heterocycles. The molecule has 0 saturated carbocycles. The molecule has 6 heteroatoms. The van der Waals surface area contributed by atoms with E-state index in [2.05, 4.69) is 27.4 Å². The van der Waals surface area contributed by atoms with Crippen LogP contribution in [0.1, 0.15) is 13.0 Å². The number of aromatic nitrogens is 2. The van der Waals surface area contributed by atoms with E-state index in [4.69, 9.17) is 0 Å². The highest BCUT2D eigenvalue weighted by atomic mass is 32.2. The highest BCUT2D eigenvalue weighted by Gasteiger charge is 2.23. The van der Waals surface area contributed by atoms with Crippen LogP contribution in [0, 0.1) is 0 Å². The first-order valence-corrected chi connectivity index (χ1v) is 8.72. The molecule has 108 valence electrons. The lowest BCUT2D eigenvalue weighted by molar-refractivity contribution is 0.257. The van der Waals surface area contributed by atoms with Gasteiger partial charge in [0.05, 0.1) is 28.9 Å². The number of sulfone groups is 1. The normalized spacial score (nSPS) is 21.1. The van der Waals surface area contributed by atoms with E-state index in [1.54, 1.807) is 0 Å². The van der Waals surface area contributed by atoms with Gasteiger partial charge in [0, 0.05) is 25.7 Å². The second-order valence-corrected chi connectivity index (χ2v) is 7.75. The van der Waals surface area contributed by atoms with E-state index in [1.165, 1.54) is 0 Å². The van der Waals surface area contributed by atoms with Crippen molar-refractivity contribution in [3.8, 4) is 0 Å². The van der Waals surface area contributed by atoms with Gasteiger partial charge < -0.3 is 4.57 Å². The smallest absolute Gasteiger partial charge is 0.152 e. The Morgan fingerprint density at radius 2 is 1.95 bits per heavy atom. The van der Waals surface area contributed by atoms with Gasteiger partial charge in [0.25, 0.3) is 0 Å². The molecule has 1 aromatic heterocycles. The van der Waals surface area contributed by atoms with Crippen molar-refractivity contribution in [1.82, 2.24) is 14.5 Å². The van der Waals surface area contributed by atoms with E-state index in [0.29, 0.717) is 13.1 Å². The fraction of sp³-hybridized carbons (Fsp3) is 0.500. The van der Waals surface area contributed by atoms with Crippen LogP contribution >= 0.6 is 0 Å². The van der Waals surface area contributed by atoms with Crippen molar-refractivity contribution in [1.29, 1.82) is 0 Å². The van der Waals surface area contributed by atoms with Crippen LogP contribution in [0.15, 0.2) is 30.6 Å². The van der Waals surface area contributed by atoms with E-state index in [-0.39, 0.29) is 17.5 Å². The van der Waals surface area contributed by atoms with Crippen molar-refractivity contribution in [3.05, 3.63) is 30.6 Å². The number of benzene rings is 1. The molecule has 1 fully saturated rings. The third kappa shape index (κ3) is 2.71. The average molecular weight is 293 g/mol. The van der Waals surface area contributed by atoms with Crippen molar-refractivity contribution in [2.75, 3.05) is 31.1 Å². The van der Waals surface area contributed by atoms with Crippen LogP contribution in [0.2, 0.25) is 0 Å². The maximum absolute atomic E-state index is 11.4. The number of nitrogens with zero attached hydrogens (tertiary/aromatic N) is 3. The molecule has 20 heavy (non-hydrogen) atoms. The molecule has 1 saturated heterocycles. The summed E-state index contributed by atoms with van der Waals surface area (Å²) in [5, 5.41) is 0. The molecule has 1 atom stereocenters. The Bertz CT molecular complexity index is 694. The number of hydrogen-bond donors (Lipinski definition) is 0. The standard InChI is InChI=1S/C14H19N3O2S/c1-12(10-16-6-8-20(18,19)9-7-16)17-11-15-13-4-2-3-5-14(13)17/h2-5,11-12H,6-10H2,1H3. The number of para-hydroxylation sites is 2. The van der Waals surface area contributed by atoms with Gasteiger partial charge in [-0.3, -0.25) is 4.90 Å². The highest BCUT2D eigenvalue weighted by Crippen LogP contribution is 2.18. The summed E-state index contributed by atoms with van der Waals surface area (Å²) < 4.78 is 25.1. The topological polar surface area (TPSA) is 55.2 Å². The van der Waals surface area contributed by atoms with Gasteiger partial charge in [-0.25, -0.2) is 13.4 Å². The van der Waals surface area contributed by atoms with Gasteiger partial charge in [0.15, 0.2) is 9.84 Å². The van der Waals surface area contributed by atoms with Crippen molar-refractivity contribution >= 4 is 20.9 Å². The summed E-state index contributed by atoms with van der Waals surface area (Å²) in [6.07, 6.45) is 1.87. The van der Waals surface area contributed by atoms with Gasteiger partial charge >= 0.3 is 0 Å². The summed E-state index contributed by atoms with van der Waals surface area (Å²) in [6, 6.07) is 8.36. The molecule has 0 amide bonds. The molecule has 3 rings (SSSR count). The molecule has 5 nitrogen and oxygen atoms in total. The zero-order chi connectivity index (χ0) is 14.2. The summed E-state index contributed by atoms with van der Waals surface area (Å²) in [7, 11) is -2.80. The summed E-state index contributed by atoms with van der Waals surface area (Å²) in [6.45, 7) is 4.28. The van der Waals surface area contributed by atoms with E-state index in [0.717, 1.165) is 17.6 Å². The van der Waals surface area contributed by atoms with E-state index in [9.17, 15) is 8.42 Å². The minimum absolute atomic E-state index is 0.281. The Labute approximate surface area is 119 Å². The first-order valence-electron chi connectivity index (χ1n) is 6.89. The summed E-state index contributed by atoms with van der Waals surface area (Å²) in [5.41, 5.74) is 2.13. The van der Waals surface area contributed by atoms with Crippen LogP contribution in [0.5, 0.6) is 0 Å². The van der Waals surface area contributed by atoms with Crippen LogP contribution in [0.3, 0.4) is 0 Å². The minimum atomic E-state index is -2.80. The SMILES string of the molecule is CC(CN1CCS(=O)(=O)CC1)n1cnc2ccccc21. The van der Waals surface area contributed by atoms with Crippen LogP contribution in [0.4, 0.5) is 0 Å². The average Bonchev–Trinajstić information content (AvgIpc) is 2.85. The molecule has 2 aromatic rings. The predicted octanol–water partition coefficient (Wildman–Crippen LogP) is 1.33. The second-order valence-electron chi connectivity index (χ2n) is 5.44. The van der Waals surface area contributed by atoms with Crippen molar-refractivity contribution in [2.45, 2.75) is 13.0 Å². The first-order chi connectivity index (χ1) is 9.55. The highest BCUT2D eigenvalue weighted by molar-refractivity contribution is 7.91. The van der Waals surface area contributed by atoms with Gasteiger partial charge in [-0.1, -0.05) is 12.1 Å². The summed E-state index contributed by atoms with van der Waals surface area (Å²) in [4.78, 5) is 6.63. The molecule has 1 aliphatic rings. The van der Waals surface area contributed by atoms with Gasteiger partial charge in [0.1, 0.15) is 0 Å². The number of imidazole rings is 1. The Morgan fingerprint density at radius 3 is 2.70 bits per heavy atom. The second kappa shape index (κ2) is 5.18. The zero-order valence-corrected chi connectivity index (χ0v) is 12.4. The Kier molecular flexibility index (Phi) is 3.52. The van der Waals surface area contributed by atoms with Crippen LogP contribution in [0.25, 0.3) is 11.0 Å². The Morgan fingerprint density at radius 1 is 1.25 bits per heavy atom. The molecule has 1 unspecified atom stereocenters. The quantitative estimate of drug-likeness (QED) is 0.856. The molecule has 1 aromatic carbocycles. The Hall–Kier alpha value is -1.40. The van der Waals surface area contributed by atoms with Crippen LogP contribution in [-0.2, 0) is 9.84 Å². The van der Waals surface area contributed by atoms with Gasteiger partial charge in [-0.05, 0) is 19.1 Å². The van der Waals surface area contributed by atoms with Gasteiger partial charge in [0.2, 0.25) is 0 Å². The summed E-state index contributed by atoms with van der Waals surface area (Å²) in [5.74, 6) is 0.564. The van der Waals surface area contributed by atoms with E-state index < -0.39 is 9.84 Å². The first kappa shape index (κ1) is 13.6. The fourth-order valence-electron chi connectivity index (χ4n) is 2.72. The minimum Gasteiger partial charge on any atom is -0.326 e. The van der Waals surface area contributed by atoms with Crippen molar-refractivity contribution < 1.29 is 8.42 Å². The fourth-order valence-corrected chi connectivity index (χ4v) is 4.00. The van der Waals surface area contributed by atoms with E-state index in [1.807, 2.05) is 24.5 Å². The predicted molar refractivity (Wildman–Crippen MR) is 79.5 cm³/mol. The lowest BCUT2D eigenvalue weighted by atomic mass is 10.2. The number of rotatable bonds is 3. The van der Waals surface area contributed by atoms with Gasteiger partial charge in [-0.15, -0.1) is 0 Å². The lowest BCUT2D eigenvalue weighted by Crippen LogP contribution is -2.42. The van der Waals surface area contributed by atoms with E-state index >= 15 is 0 Å². The third-order valence-corrected chi connectivity index (χ3v) is 5.52. The molecular weight excluding hydrogens is 274 g/mol. The van der Waals surface area contributed by atoms with Crippen LogP contribution in [-0.4, -0.2) is 54.0 Å². The zero-order valence-electron chi connectivity index (χ0n) is 11.6. The third-order valence-electron chi connectivity index (χ3n) is 3.92. The summed E-state index contributed by atoms with van der Waals surface area (Å²) >= 11 is 0. The Balaban J connectivity index is 1.72. The molecule has 0 N–H and O–H groups in total. The molecular formula is C14H19N3O2S. The molecule has 0 radical (unpaired) electrons. The maximum atomic E-state index is 11.4. The number of hydrogen-bond acceptors (Lipinski definition) is 4. The van der Waals surface area contributed by atoms with Crippen molar-refractivity contribution in [3.63, 3.8) is 0 Å². The number of fused-ring (bicyclic) bond motifs is 1. The maximum Gasteiger partial charge on any atom is 0.152 e. The largest absolute Gasteiger partial charge is 0.326 e. The van der Waals surface area contributed by atoms with Gasteiger partial charge in [-0.2, -0.15) is 0 Å².